The van der Waals surface area contributed by atoms with Crippen molar-refractivity contribution in [2.24, 2.45) is 5.92 Å². The second-order valence-corrected chi connectivity index (χ2v) is 4.25. The minimum Gasteiger partial charge on any atom is -0.449 e. The van der Waals surface area contributed by atoms with Gasteiger partial charge in [-0.15, -0.1) is 0 Å². The molecule has 0 aliphatic rings. The second kappa shape index (κ2) is 8.79. The fourth-order valence-corrected chi connectivity index (χ4v) is 1.33. The smallest absolute Gasteiger partial charge is 0.414 e. The third kappa shape index (κ3) is 7.55. The maximum Gasteiger partial charge on any atom is 0.414 e. The number of imide groups is 1. The van der Waals surface area contributed by atoms with E-state index in [-0.39, 0.29) is 0 Å². The number of alkyl carbamates (subject to hydrolysis) is 1. The lowest BCUT2D eigenvalue weighted by atomic mass is 10.0. The number of carbonyl (C=O) groups is 2. The molecule has 1 atom stereocenters. The van der Waals surface area contributed by atoms with E-state index in [1.165, 1.54) is 0 Å². The highest BCUT2D eigenvalue weighted by atomic mass is 16.5. The molecule has 0 aromatic rings. The van der Waals surface area contributed by atoms with Crippen LogP contribution in [0.1, 0.15) is 46.5 Å². The highest BCUT2D eigenvalue weighted by Gasteiger charge is 2.12. The summed E-state index contributed by atoms with van der Waals surface area (Å²) in [5.74, 6) is -0.114. The van der Waals surface area contributed by atoms with Crippen molar-refractivity contribution < 1.29 is 14.3 Å². The number of carbonyl (C=O) groups excluding carboxylic acids is 2. The first-order chi connectivity index (χ1) is 8.01. The molecule has 17 heavy (non-hydrogen) atoms. The van der Waals surface area contributed by atoms with Crippen LogP contribution in [-0.4, -0.2) is 18.6 Å². The topological polar surface area (TPSA) is 55.4 Å². The van der Waals surface area contributed by atoms with E-state index in [1.807, 2.05) is 0 Å². The molecule has 2 amide bonds. The molecule has 0 aliphatic heterocycles. The van der Waals surface area contributed by atoms with Crippen LogP contribution >= 0.6 is 0 Å². The molecule has 4 heteroatoms. The molecular weight excluding hydrogens is 218 g/mol. The van der Waals surface area contributed by atoms with Gasteiger partial charge < -0.3 is 4.74 Å². The monoisotopic (exact) mass is 241 g/mol. The predicted octanol–water partition coefficient (Wildman–Crippen LogP) is 3.03. The third-order valence-electron chi connectivity index (χ3n) is 2.60. The average molecular weight is 241 g/mol. The maximum atomic E-state index is 11.3. The van der Waals surface area contributed by atoms with Gasteiger partial charge in [0, 0.05) is 5.57 Å². The first-order valence-corrected chi connectivity index (χ1v) is 6.14. The quantitative estimate of drug-likeness (QED) is 0.697. The van der Waals surface area contributed by atoms with Crippen LogP contribution in [-0.2, 0) is 9.53 Å². The van der Waals surface area contributed by atoms with Gasteiger partial charge in [0.15, 0.2) is 0 Å². The van der Waals surface area contributed by atoms with E-state index < -0.39 is 12.0 Å². The number of rotatable bonds is 7. The van der Waals surface area contributed by atoms with E-state index in [0.717, 1.165) is 25.7 Å². The van der Waals surface area contributed by atoms with Crippen LogP contribution in [0.2, 0.25) is 0 Å². The van der Waals surface area contributed by atoms with Gasteiger partial charge in [-0.25, -0.2) is 4.79 Å². The third-order valence-corrected chi connectivity index (χ3v) is 2.60. The van der Waals surface area contributed by atoms with E-state index >= 15 is 0 Å². The van der Waals surface area contributed by atoms with Crippen LogP contribution in [0.5, 0.6) is 0 Å². The Kier molecular flexibility index (Phi) is 8.11. The Bertz CT molecular complexity index is 274. The first kappa shape index (κ1) is 15.7. The summed E-state index contributed by atoms with van der Waals surface area (Å²) in [5.41, 5.74) is 0.292. The highest BCUT2D eigenvalue weighted by molar-refractivity contribution is 6.01. The zero-order valence-electron chi connectivity index (χ0n) is 11.0. The molecule has 0 rings (SSSR count). The summed E-state index contributed by atoms with van der Waals surface area (Å²) in [6.07, 6.45) is 3.61. The number of unbranched alkanes of at least 4 members (excludes halogenated alkanes) is 1. The summed E-state index contributed by atoms with van der Waals surface area (Å²) < 4.78 is 5.00. The van der Waals surface area contributed by atoms with Gasteiger partial charge in [0.2, 0.25) is 0 Å². The van der Waals surface area contributed by atoms with Crippen LogP contribution in [0, 0.1) is 5.92 Å². The number of hydrogen-bond donors (Lipinski definition) is 1. The largest absolute Gasteiger partial charge is 0.449 e. The number of amides is 2. The highest BCUT2D eigenvalue weighted by Crippen LogP contribution is 2.12. The average Bonchev–Trinajstić information content (AvgIpc) is 2.29. The Balaban J connectivity index is 3.88. The summed E-state index contributed by atoms with van der Waals surface area (Å²) in [7, 11) is 0. The van der Waals surface area contributed by atoms with Crippen molar-refractivity contribution in [3.05, 3.63) is 12.2 Å². The molecule has 0 bridgehead atoms. The SMILES string of the molecule is C=C(C)C(=O)NC(=O)OCC(CC)CCCC. The zero-order chi connectivity index (χ0) is 13.3. The van der Waals surface area contributed by atoms with E-state index in [0.29, 0.717) is 18.1 Å². The Hall–Kier alpha value is -1.32. The molecule has 0 fully saturated rings. The van der Waals surface area contributed by atoms with Crippen molar-refractivity contribution in [3.63, 3.8) is 0 Å². The molecule has 1 N–H and O–H groups in total. The molecule has 0 saturated heterocycles. The number of ether oxygens (including phenoxy) is 1. The van der Waals surface area contributed by atoms with Gasteiger partial charge in [-0.05, 0) is 19.3 Å². The van der Waals surface area contributed by atoms with Crippen molar-refractivity contribution in [3.8, 4) is 0 Å². The van der Waals surface area contributed by atoms with E-state index in [9.17, 15) is 9.59 Å². The van der Waals surface area contributed by atoms with Crippen molar-refractivity contribution in [1.82, 2.24) is 5.32 Å². The molecular formula is C13H23NO3. The predicted molar refractivity (Wildman–Crippen MR) is 67.6 cm³/mol. The molecule has 0 aromatic heterocycles. The molecule has 0 aromatic carbocycles. The number of hydrogen-bond acceptors (Lipinski definition) is 3. The van der Waals surface area contributed by atoms with Crippen LogP contribution in [0.3, 0.4) is 0 Å². The maximum absolute atomic E-state index is 11.3. The van der Waals surface area contributed by atoms with Crippen LogP contribution in [0.15, 0.2) is 12.2 Å². The molecule has 0 aliphatic carbocycles. The van der Waals surface area contributed by atoms with Gasteiger partial charge in [0.25, 0.3) is 5.91 Å². The van der Waals surface area contributed by atoms with E-state index in [4.69, 9.17) is 4.74 Å². The summed E-state index contributed by atoms with van der Waals surface area (Å²) in [4.78, 5) is 22.4. The van der Waals surface area contributed by atoms with Gasteiger partial charge in [0.1, 0.15) is 0 Å². The van der Waals surface area contributed by atoms with Crippen molar-refractivity contribution in [2.75, 3.05) is 6.61 Å². The molecule has 0 spiro atoms. The molecule has 0 heterocycles. The van der Waals surface area contributed by atoms with Crippen LogP contribution in [0.4, 0.5) is 4.79 Å². The molecule has 0 radical (unpaired) electrons. The molecule has 4 nitrogen and oxygen atoms in total. The summed E-state index contributed by atoms with van der Waals surface area (Å²) in [5, 5.41) is 2.12. The van der Waals surface area contributed by atoms with Gasteiger partial charge in [-0.2, -0.15) is 0 Å². The Morgan fingerprint density at radius 2 is 2.00 bits per heavy atom. The fourth-order valence-electron chi connectivity index (χ4n) is 1.33. The minimum atomic E-state index is -0.687. The lowest BCUT2D eigenvalue weighted by Gasteiger charge is -2.14. The van der Waals surface area contributed by atoms with Gasteiger partial charge in [0.05, 0.1) is 6.61 Å². The van der Waals surface area contributed by atoms with Crippen molar-refractivity contribution >= 4 is 12.0 Å². The Labute approximate surface area is 103 Å². The lowest BCUT2D eigenvalue weighted by molar-refractivity contribution is -0.116. The Morgan fingerprint density at radius 3 is 2.47 bits per heavy atom. The summed E-state index contributed by atoms with van der Waals surface area (Å²) >= 11 is 0. The lowest BCUT2D eigenvalue weighted by Crippen LogP contribution is -2.32. The summed E-state index contributed by atoms with van der Waals surface area (Å²) in [6, 6.07) is 0. The summed E-state index contributed by atoms with van der Waals surface area (Å²) in [6.45, 7) is 9.55. The minimum absolute atomic E-state index is 0.292. The van der Waals surface area contributed by atoms with Crippen molar-refractivity contribution in [1.29, 1.82) is 0 Å². The second-order valence-electron chi connectivity index (χ2n) is 4.25. The Morgan fingerprint density at radius 1 is 1.35 bits per heavy atom. The fraction of sp³-hybridized carbons (Fsp3) is 0.692. The van der Waals surface area contributed by atoms with Gasteiger partial charge in [-0.3, -0.25) is 10.1 Å². The normalized spacial score (nSPS) is 11.7. The van der Waals surface area contributed by atoms with Gasteiger partial charge in [-0.1, -0.05) is 39.7 Å². The van der Waals surface area contributed by atoms with Gasteiger partial charge >= 0.3 is 6.09 Å². The number of nitrogens with one attached hydrogen (secondary N) is 1. The molecule has 98 valence electrons. The zero-order valence-corrected chi connectivity index (χ0v) is 11.0. The first-order valence-electron chi connectivity index (χ1n) is 6.14. The molecule has 0 saturated carbocycles. The van der Waals surface area contributed by atoms with E-state index in [1.54, 1.807) is 6.92 Å². The van der Waals surface area contributed by atoms with Crippen LogP contribution in [0.25, 0.3) is 0 Å². The van der Waals surface area contributed by atoms with Crippen LogP contribution < -0.4 is 5.32 Å². The standard InChI is InChI=1S/C13H23NO3/c1-5-7-8-11(6-2)9-17-13(16)14-12(15)10(3)4/h11H,3,5-9H2,1-2,4H3,(H,14,15,16). The molecule has 1 unspecified atom stereocenters. The van der Waals surface area contributed by atoms with Crippen molar-refractivity contribution in [2.45, 2.75) is 46.5 Å². The van der Waals surface area contributed by atoms with E-state index in [2.05, 4.69) is 25.7 Å².